The number of likely N-dealkylation sites (tertiary alicyclic amines) is 1. The Balaban J connectivity index is 1.44. The second-order valence-corrected chi connectivity index (χ2v) is 7.77. The van der Waals surface area contributed by atoms with E-state index in [0.29, 0.717) is 0 Å². The third kappa shape index (κ3) is 1.75. The van der Waals surface area contributed by atoms with Gasteiger partial charge in [0, 0.05) is 24.7 Å². The molecule has 7 unspecified atom stereocenters. The van der Waals surface area contributed by atoms with Crippen LogP contribution < -0.4 is 5.32 Å². The fraction of sp³-hybridized carbons (Fsp3) is 1.00. The highest BCUT2D eigenvalue weighted by molar-refractivity contribution is 5.18. The molecule has 108 valence electrons. The van der Waals surface area contributed by atoms with Crippen molar-refractivity contribution in [1.82, 2.24) is 10.2 Å². The molecule has 2 nitrogen and oxygen atoms in total. The van der Waals surface area contributed by atoms with Crippen molar-refractivity contribution in [3.8, 4) is 0 Å². The molecule has 7 atom stereocenters. The van der Waals surface area contributed by atoms with Crippen molar-refractivity contribution in [3.05, 3.63) is 0 Å². The number of fused-ring (bicyclic) bond motifs is 5. The molecule has 4 fully saturated rings. The molecule has 3 saturated carbocycles. The van der Waals surface area contributed by atoms with Gasteiger partial charge in [-0.3, -0.25) is 4.90 Å². The summed E-state index contributed by atoms with van der Waals surface area (Å²) in [5.74, 6) is 5.28. The van der Waals surface area contributed by atoms with Crippen LogP contribution in [-0.2, 0) is 0 Å². The Kier molecular flexibility index (Phi) is 2.97. The molecule has 4 aliphatic rings. The van der Waals surface area contributed by atoms with Gasteiger partial charge in [0.25, 0.3) is 0 Å². The smallest absolute Gasteiger partial charge is 0.0167 e. The van der Waals surface area contributed by atoms with Gasteiger partial charge < -0.3 is 5.32 Å². The van der Waals surface area contributed by atoms with Crippen molar-refractivity contribution < 1.29 is 0 Å². The molecule has 1 aliphatic heterocycles. The van der Waals surface area contributed by atoms with Crippen molar-refractivity contribution in [1.29, 1.82) is 0 Å². The molecule has 0 aromatic carbocycles. The number of hydrogen-bond donors (Lipinski definition) is 1. The van der Waals surface area contributed by atoms with E-state index < -0.39 is 0 Å². The third-order valence-electron chi connectivity index (χ3n) is 7.16. The van der Waals surface area contributed by atoms with E-state index in [2.05, 4.69) is 31.0 Å². The Morgan fingerprint density at radius 2 is 1.74 bits per heavy atom. The zero-order chi connectivity index (χ0) is 13.1. The maximum atomic E-state index is 3.70. The van der Waals surface area contributed by atoms with E-state index in [9.17, 15) is 0 Å². The lowest BCUT2D eigenvalue weighted by molar-refractivity contribution is 0.0634. The Hall–Kier alpha value is -0.0800. The van der Waals surface area contributed by atoms with E-state index in [-0.39, 0.29) is 0 Å². The van der Waals surface area contributed by atoms with Crippen LogP contribution in [0.25, 0.3) is 0 Å². The van der Waals surface area contributed by atoms with Gasteiger partial charge in [-0.05, 0) is 68.7 Å². The molecular formula is C17H30N2. The summed E-state index contributed by atoms with van der Waals surface area (Å²) in [6.07, 6.45) is 6.06. The summed E-state index contributed by atoms with van der Waals surface area (Å²) < 4.78 is 0. The van der Waals surface area contributed by atoms with Gasteiger partial charge in [0.1, 0.15) is 0 Å². The minimum atomic E-state index is 0.756. The van der Waals surface area contributed by atoms with Gasteiger partial charge in [-0.25, -0.2) is 0 Å². The number of rotatable bonds is 3. The summed E-state index contributed by atoms with van der Waals surface area (Å²) in [5, 5.41) is 3.70. The van der Waals surface area contributed by atoms with E-state index in [1.807, 2.05) is 0 Å². The van der Waals surface area contributed by atoms with E-state index >= 15 is 0 Å². The SMILES string of the molecule is CCNC1CCN(C2C3C4CCC(C4)C32)C(C)C1C. The van der Waals surface area contributed by atoms with E-state index in [1.165, 1.54) is 13.0 Å². The predicted octanol–water partition coefficient (Wildman–Crippen LogP) is 2.74. The fourth-order valence-electron chi connectivity index (χ4n) is 6.09. The molecule has 1 heterocycles. The van der Waals surface area contributed by atoms with Gasteiger partial charge in [0.2, 0.25) is 0 Å². The summed E-state index contributed by atoms with van der Waals surface area (Å²) in [6.45, 7) is 9.68. The molecule has 4 rings (SSSR count). The molecule has 0 spiro atoms. The minimum Gasteiger partial charge on any atom is -0.314 e. The standard InChI is InChI=1S/C17H30N2/c1-4-18-14-7-8-19(11(3)10(14)2)17-15-12-5-6-13(9-12)16(15)17/h10-18H,4-9H2,1-3H3. The lowest BCUT2D eigenvalue weighted by Crippen LogP contribution is -2.54. The zero-order valence-corrected chi connectivity index (χ0v) is 12.8. The van der Waals surface area contributed by atoms with Crippen LogP contribution in [0.1, 0.15) is 46.5 Å². The van der Waals surface area contributed by atoms with Crippen LogP contribution in [0.2, 0.25) is 0 Å². The highest BCUT2D eigenvalue weighted by Gasteiger charge is 2.67. The first-order chi connectivity index (χ1) is 9.22. The molecule has 19 heavy (non-hydrogen) atoms. The van der Waals surface area contributed by atoms with Crippen molar-refractivity contribution in [2.45, 2.75) is 64.6 Å². The van der Waals surface area contributed by atoms with Crippen molar-refractivity contribution in [2.24, 2.45) is 29.6 Å². The molecule has 1 N–H and O–H groups in total. The van der Waals surface area contributed by atoms with E-state index in [1.54, 1.807) is 19.3 Å². The molecule has 0 amide bonds. The van der Waals surface area contributed by atoms with Crippen LogP contribution >= 0.6 is 0 Å². The summed E-state index contributed by atoms with van der Waals surface area (Å²) in [7, 11) is 0. The molecule has 0 radical (unpaired) electrons. The second-order valence-electron chi connectivity index (χ2n) is 7.77. The average Bonchev–Trinajstić information content (AvgIpc) is 2.83. The normalized spacial score (nSPS) is 56.4. The molecule has 3 aliphatic carbocycles. The van der Waals surface area contributed by atoms with Crippen molar-refractivity contribution >= 4 is 0 Å². The first kappa shape index (κ1) is 12.6. The quantitative estimate of drug-likeness (QED) is 0.841. The van der Waals surface area contributed by atoms with Crippen LogP contribution in [0.4, 0.5) is 0 Å². The van der Waals surface area contributed by atoms with Gasteiger partial charge in [0.05, 0.1) is 0 Å². The molecule has 0 aromatic rings. The largest absolute Gasteiger partial charge is 0.314 e. The van der Waals surface area contributed by atoms with Gasteiger partial charge in [-0.2, -0.15) is 0 Å². The van der Waals surface area contributed by atoms with Crippen molar-refractivity contribution in [3.63, 3.8) is 0 Å². The molecular weight excluding hydrogens is 232 g/mol. The van der Waals surface area contributed by atoms with Gasteiger partial charge in [-0.1, -0.05) is 13.8 Å². The summed E-state index contributed by atoms with van der Waals surface area (Å²) in [5.41, 5.74) is 0. The van der Waals surface area contributed by atoms with E-state index in [0.717, 1.165) is 54.3 Å². The number of nitrogens with one attached hydrogen (secondary N) is 1. The highest BCUT2D eigenvalue weighted by atomic mass is 15.3. The maximum Gasteiger partial charge on any atom is 0.0167 e. The number of hydrogen-bond acceptors (Lipinski definition) is 2. The highest BCUT2D eigenvalue weighted by Crippen LogP contribution is 2.67. The Morgan fingerprint density at radius 3 is 2.37 bits per heavy atom. The van der Waals surface area contributed by atoms with Crippen molar-refractivity contribution in [2.75, 3.05) is 13.1 Å². The average molecular weight is 262 g/mol. The molecule has 2 bridgehead atoms. The minimum absolute atomic E-state index is 0.756. The number of nitrogens with zero attached hydrogens (tertiary/aromatic N) is 1. The van der Waals surface area contributed by atoms with Gasteiger partial charge >= 0.3 is 0 Å². The van der Waals surface area contributed by atoms with Gasteiger partial charge in [0.15, 0.2) is 0 Å². The first-order valence-corrected chi connectivity index (χ1v) is 8.71. The van der Waals surface area contributed by atoms with Crippen LogP contribution in [0.3, 0.4) is 0 Å². The lowest BCUT2D eigenvalue weighted by Gasteiger charge is -2.44. The maximum absolute atomic E-state index is 3.70. The van der Waals surface area contributed by atoms with Crippen LogP contribution in [0.5, 0.6) is 0 Å². The molecule has 2 heteroatoms. The lowest BCUT2D eigenvalue weighted by atomic mass is 9.86. The fourth-order valence-corrected chi connectivity index (χ4v) is 6.09. The third-order valence-corrected chi connectivity index (χ3v) is 7.16. The first-order valence-electron chi connectivity index (χ1n) is 8.71. The monoisotopic (exact) mass is 262 g/mol. The second kappa shape index (κ2) is 4.46. The molecule has 0 aromatic heterocycles. The topological polar surface area (TPSA) is 15.3 Å². The van der Waals surface area contributed by atoms with Crippen LogP contribution in [0.15, 0.2) is 0 Å². The zero-order valence-electron chi connectivity index (χ0n) is 12.8. The Bertz CT molecular complexity index is 339. The van der Waals surface area contributed by atoms with Crippen LogP contribution in [0, 0.1) is 29.6 Å². The van der Waals surface area contributed by atoms with Gasteiger partial charge in [-0.15, -0.1) is 0 Å². The summed E-state index contributed by atoms with van der Waals surface area (Å²) in [6, 6.07) is 2.53. The van der Waals surface area contributed by atoms with Crippen LogP contribution in [-0.4, -0.2) is 36.1 Å². The predicted molar refractivity (Wildman–Crippen MR) is 79.0 cm³/mol. The number of piperidine rings is 1. The Labute approximate surface area is 118 Å². The Morgan fingerprint density at radius 1 is 1.05 bits per heavy atom. The molecule has 1 saturated heterocycles. The summed E-state index contributed by atoms with van der Waals surface area (Å²) >= 11 is 0. The van der Waals surface area contributed by atoms with E-state index in [4.69, 9.17) is 0 Å². The summed E-state index contributed by atoms with van der Waals surface area (Å²) in [4.78, 5) is 2.92.